The molecular weight excluding hydrogens is 331 g/mol. The van der Waals surface area contributed by atoms with E-state index in [0.29, 0.717) is 5.92 Å². The number of fused-ring (bicyclic) bond motifs is 3. The number of carbonyl (C=O) groups excluding carboxylic acids is 1. The summed E-state index contributed by atoms with van der Waals surface area (Å²) >= 11 is 0. The fourth-order valence-electron chi connectivity index (χ4n) is 4.50. The van der Waals surface area contributed by atoms with Crippen molar-refractivity contribution in [2.45, 2.75) is 44.1 Å². The summed E-state index contributed by atoms with van der Waals surface area (Å²) in [5.74, 6) is -0.436. The molecule has 0 aromatic heterocycles. The molecule has 4 heterocycles. The number of esters is 1. The van der Waals surface area contributed by atoms with Crippen molar-refractivity contribution in [1.82, 2.24) is 4.90 Å². The average molecular weight is 359 g/mol. The van der Waals surface area contributed by atoms with Crippen LogP contribution in [-0.4, -0.2) is 60.5 Å². The van der Waals surface area contributed by atoms with E-state index in [-0.39, 0.29) is 17.9 Å². The molecular formula is C21H28FN2O2+. The number of ether oxygens (including phenoxy) is 1. The van der Waals surface area contributed by atoms with Gasteiger partial charge in [-0.2, -0.15) is 0 Å². The highest BCUT2D eigenvalue weighted by Crippen LogP contribution is 2.31. The Balaban J connectivity index is 1.53. The summed E-state index contributed by atoms with van der Waals surface area (Å²) in [6.45, 7) is 5.06. The van der Waals surface area contributed by atoms with Crippen LogP contribution in [0.5, 0.6) is 0 Å². The molecule has 4 aliphatic rings. The molecule has 0 aliphatic carbocycles. The number of rotatable bonds is 4. The van der Waals surface area contributed by atoms with Gasteiger partial charge in [-0.3, -0.25) is 9.69 Å². The molecule has 0 radical (unpaired) electrons. The second kappa shape index (κ2) is 7.87. The zero-order valence-corrected chi connectivity index (χ0v) is 15.3. The van der Waals surface area contributed by atoms with Crippen molar-refractivity contribution >= 4 is 12.2 Å². The molecule has 0 saturated carbocycles. The smallest absolute Gasteiger partial charge is 0.323 e. The number of piperidine rings is 4. The maximum atomic E-state index is 13.3. The Kier molecular flexibility index (Phi) is 5.34. The minimum atomic E-state index is -0.454. The molecule has 5 rings (SSSR count). The minimum absolute atomic E-state index is 0.00250. The predicted octanol–water partition coefficient (Wildman–Crippen LogP) is 2.81. The highest BCUT2D eigenvalue weighted by molar-refractivity contribution is 5.94. The number of nitrogens with zero attached hydrogens (tertiary/aromatic N) is 2. The first kappa shape index (κ1) is 17.7. The maximum Gasteiger partial charge on any atom is 0.323 e. The summed E-state index contributed by atoms with van der Waals surface area (Å²) in [6, 6.07) is 6.26. The fraction of sp³-hybridized carbons (Fsp3) is 0.619. The summed E-state index contributed by atoms with van der Waals surface area (Å²) in [7, 11) is 0. The Morgan fingerprint density at radius 1 is 1.15 bits per heavy atom. The molecule has 26 heavy (non-hydrogen) atoms. The quantitative estimate of drug-likeness (QED) is 0.612. The number of carbonyl (C=O) groups is 1. The molecule has 4 saturated heterocycles. The van der Waals surface area contributed by atoms with Gasteiger partial charge >= 0.3 is 5.97 Å². The van der Waals surface area contributed by atoms with Crippen LogP contribution in [0, 0.1) is 11.7 Å². The Bertz CT molecular complexity index is 657. The molecule has 4 nitrogen and oxygen atoms in total. The topological polar surface area (TPSA) is 32.5 Å². The van der Waals surface area contributed by atoms with Crippen LogP contribution in [0.15, 0.2) is 24.3 Å². The number of halogens is 1. The number of hydrogen-bond donors (Lipinski definition) is 0. The highest BCUT2D eigenvalue weighted by atomic mass is 19.1. The van der Waals surface area contributed by atoms with Gasteiger partial charge in [-0.25, -0.2) is 8.97 Å². The summed E-state index contributed by atoms with van der Waals surface area (Å²) in [6.07, 6.45) is 7.81. The van der Waals surface area contributed by atoms with Crippen molar-refractivity contribution in [3.8, 4) is 0 Å². The lowest BCUT2D eigenvalue weighted by molar-refractivity contribution is -0.534. The van der Waals surface area contributed by atoms with E-state index >= 15 is 0 Å². The summed E-state index contributed by atoms with van der Waals surface area (Å²) in [4.78, 5) is 15.4. The van der Waals surface area contributed by atoms with Crippen molar-refractivity contribution in [3.63, 3.8) is 0 Å². The molecule has 140 valence electrons. The molecule has 1 aromatic rings. The van der Waals surface area contributed by atoms with Crippen molar-refractivity contribution < 1.29 is 18.5 Å². The predicted molar refractivity (Wildman–Crippen MR) is 98.1 cm³/mol. The third-order valence-corrected chi connectivity index (χ3v) is 6.10. The molecule has 0 spiro atoms. The van der Waals surface area contributed by atoms with E-state index in [0.717, 1.165) is 64.0 Å². The van der Waals surface area contributed by atoms with E-state index in [4.69, 9.17) is 4.74 Å². The lowest BCUT2D eigenvalue weighted by Crippen LogP contribution is -2.52. The van der Waals surface area contributed by atoms with Gasteiger partial charge in [0.05, 0.1) is 0 Å². The molecule has 4 fully saturated rings. The van der Waals surface area contributed by atoms with Crippen molar-refractivity contribution in [2.75, 3.05) is 32.7 Å². The summed E-state index contributed by atoms with van der Waals surface area (Å²) < 4.78 is 21.6. The van der Waals surface area contributed by atoms with Gasteiger partial charge in [0.1, 0.15) is 25.0 Å². The zero-order valence-electron chi connectivity index (χ0n) is 15.3. The summed E-state index contributed by atoms with van der Waals surface area (Å²) in [5.41, 5.74) is 0.809. The average Bonchev–Trinajstić information content (AvgIpc) is 2.69. The minimum Gasteiger partial charge on any atom is -0.460 e. The molecule has 2 unspecified atom stereocenters. The Hall–Kier alpha value is -1.75. The zero-order chi connectivity index (χ0) is 17.9. The van der Waals surface area contributed by atoms with Crippen molar-refractivity contribution in [2.24, 2.45) is 5.92 Å². The first-order valence-electron chi connectivity index (χ1n) is 9.96. The molecule has 0 N–H and O–H groups in total. The van der Waals surface area contributed by atoms with Crippen LogP contribution in [0.4, 0.5) is 4.39 Å². The van der Waals surface area contributed by atoms with Gasteiger partial charge in [0.15, 0.2) is 12.1 Å². The van der Waals surface area contributed by atoms with Crippen LogP contribution in [0.25, 0.3) is 0 Å². The number of hydrogen-bond acceptors (Lipinski definition) is 3. The second-order valence-electron chi connectivity index (χ2n) is 7.89. The van der Waals surface area contributed by atoms with Crippen LogP contribution in [0.2, 0.25) is 0 Å². The fourth-order valence-corrected chi connectivity index (χ4v) is 4.50. The van der Waals surface area contributed by atoms with Gasteiger partial charge < -0.3 is 4.74 Å². The number of benzene rings is 1. The summed E-state index contributed by atoms with van der Waals surface area (Å²) in [5, 5.41) is 0. The SMILES string of the molecule is O=C(OC1CN2CCC1CC2)C(C=[N+]1CCCCC1)c1ccc(F)cc1. The van der Waals surface area contributed by atoms with E-state index < -0.39 is 5.92 Å². The lowest BCUT2D eigenvalue weighted by Gasteiger charge is -2.44. The molecule has 1 aromatic carbocycles. The van der Waals surface area contributed by atoms with Crippen molar-refractivity contribution in [1.29, 1.82) is 0 Å². The lowest BCUT2D eigenvalue weighted by atomic mass is 9.85. The largest absolute Gasteiger partial charge is 0.460 e. The first-order valence-corrected chi connectivity index (χ1v) is 9.96. The van der Waals surface area contributed by atoms with Gasteiger partial charge in [-0.05, 0) is 56.0 Å². The van der Waals surface area contributed by atoms with Crippen LogP contribution >= 0.6 is 0 Å². The Morgan fingerprint density at radius 2 is 1.85 bits per heavy atom. The third-order valence-electron chi connectivity index (χ3n) is 6.10. The van der Waals surface area contributed by atoms with Crippen LogP contribution in [-0.2, 0) is 9.53 Å². The first-order chi connectivity index (χ1) is 12.7. The molecule has 4 aliphatic heterocycles. The van der Waals surface area contributed by atoms with E-state index in [1.54, 1.807) is 12.1 Å². The molecule has 5 heteroatoms. The normalized spacial score (nSPS) is 29.3. The molecule has 2 atom stereocenters. The van der Waals surface area contributed by atoms with Gasteiger partial charge in [0.25, 0.3) is 0 Å². The van der Waals surface area contributed by atoms with Crippen LogP contribution < -0.4 is 0 Å². The van der Waals surface area contributed by atoms with E-state index in [2.05, 4.69) is 9.48 Å². The molecule has 2 bridgehead atoms. The van der Waals surface area contributed by atoms with Gasteiger partial charge in [0.2, 0.25) is 0 Å². The van der Waals surface area contributed by atoms with Crippen molar-refractivity contribution in [3.05, 3.63) is 35.6 Å². The van der Waals surface area contributed by atoms with E-state index in [9.17, 15) is 9.18 Å². The standard InChI is InChI=1S/C21H28FN2O2/c22-18-6-4-16(5-7-18)19(14-23-10-2-1-3-11-23)21(25)26-20-15-24-12-8-17(20)9-13-24/h4-7,14,17,19-20H,1-3,8-13,15H2/q+1. The van der Waals surface area contributed by atoms with Gasteiger partial charge in [-0.15, -0.1) is 0 Å². The second-order valence-corrected chi connectivity index (χ2v) is 7.89. The van der Waals surface area contributed by atoms with Crippen LogP contribution in [0.3, 0.4) is 0 Å². The van der Waals surface area contributed by atoms with Gasteiger partial charge in [-0.1, -0.05) is 12.1 Å². The Morgan fingerprint density at radius 3 is 2.46 bits per heavy atom. The highest BCUT2D eigenvalue weighted by Gasteiger charge is 2.38. The Labute approximate surface area is 154 Å². The third kappa shape index (κ3) is 3.98. The monoisotopic (exact) mass is 359 g/mol. The van der Waals surface area contributed by atoms with E-state index in [1.165, 1.54) is 18.6 Å². The van der Waals surface area contributed by atoms with E-state index in [1.807, 2.05) is 6.21 Å². The van der Waals surface area contributed by atoms with Crippen LogP contribution in [0.1, 0.15) is 43.6 Å². The maximum absolute atomic E-state index is 13.3. The van der Waals surface area contributed by atoms with Gasteiger partial charge in [0, 0.05) is 19.4 Å². The molecule has 0 amide bonds.